The van der Waals surface area contributed by atoms with E-state index in [1.807, 2.05) is 0 Å². The van der Waals surface area contributed by atoms with Gasteiger partial charge in [-0.3, -0.25) is 49.8 Å². The minimum atomic E-state index is -1.61. The molecule has 3 rings (SSSR count). The number of hydrogen-bond donors (Lipinski definition) is 12. The van der Waals surface area contributed by atoms with Gasteiger partial charge in [-0.25, -0.2) is 0 Å². The molecular formula is C40H54N12O8. The van der Waals surface area contributed by atoms with Crippen LogP contribution < -0.4 is 60.4 Å². The third-order valence-corrected chi connectivity index (χ3v) is 8.90. The molecule has 0 radical (unpaired) electrons. The molecule has 0 aliphatic carbocycles. The molecule has 20 nitrogen and oxygen atoms in total. The number of primary amides is 1. The summed E-state index contributed by atoms with van der Waals surface area (Å²) >= 11 is 0. The number of rotatable bonds is 25. The third kappa shape index (κ3) is 17.3. The summed E-state index contributed by atoms with van der Waals surface area (Å²) in [7, 11) is 0. The standard InChI is InChI=1S/C40H54N12O8/c41-35(56)29(19-25-11-4-1-5-12-25)50-36(57)28(17-10-18-45-40(42)43)49-38(59)31(21-27-15-8-3-9-16-27)51-39(60)32(24-53)52-37(58)30(20-26-13-6-2-7-14-26)48-34(55)22-46-33(54)23-47-44/h1-9,11-16,28-32,47,53H,10,17-24,44H2,(H2,41,56)(H,46,54)(H,48,55)(H,49,59)(H,50,57)(H,51,60)(H,52,58)(H4,42,43,45)/t28-,29-,30-,31-,32-/m0/s1. The number of aliphatic imine (C=N–C) groups is 1. The maximum Gasteiger partial charge on any atom is 0.245 e. The third-order valence-electron chi connectivity index (χ3n) is 8.90. The van der Waals surface area contributed by atoms with Crippen LogP contribution in [-0.4, -0.2) is 109 Å². The van der Waals surface area contributed by atoms with Crippen LogP contribution in [0.3, 0.4) is 0 Å². The summed E-state index contributed by atoms with van der Waals surface area (Å²) < 4.78 is 0. The normalized spacial score (nSPS) is 13.2. The fourth-order valence-corrected chi connectivity index (χ4v) is 5.83. The van der Waals surface area contributed by atoms with E-state index in [1.165, 1.54) is 0 Å². The van der Waals surface area contributed by atoms with Crippen LogP contribution in [0.1, 0.15) is 29.5 Å². The van der Waals surface area contributed by atoms with Crippen molar-refractivity contribution in [1.82, 2.24) is 37.3 Å². The highest BCUT2D eigenvalue weighted by molar-refractivity contribution is 5.97. The van der Waals surface area contributed by atoms with Gasteiger partial charge in [0.2, 0.25) is 41.4 Å². The van der Waals surface area contributed by atoms with Crippen molar-refractivity contribution in [2.45, 2.75) is 62.3 Å². The Bertz CT molecular complexity index is 1900. The van der Waals surface area contributed by atoms with Gasteiger partial charge in [-0.05, 0) is 29.5 Å². The highest BCUT2D eigenvalue weighted by Gasteiger charge is 2.32. The predicted octanol–water partition coefficient (Wildman–Crippen LogP) is -3.75. The zero-order valence-electron chi connectivity index (χ0n) is 33.0. The van der Waals surface area contributed by atoms with E-state index < -0.39 is 84.7 Å². The van der Waals surface area contributed by atoms with Gasteiger partial charge in [0, 0.05) is 25.8 Å². The second-order valence-electron chi connectivity index (χ2n) is 13.6. The lowest BCUT2D eigenvalue weighted by atomic mass is 10.0. The first kappa shape index (κ1) is 47.5. The van der Waals surface area contributed by atoms with Crippen molar-refractivity contribution >= 4 is 47.3 Å². The van der Waals surface area contributed by atoms with E-state index in [4.69, 9.17) is 23.0 Å². The van der Waals surface area contributed by atoms with E-state index >= 15 is 0 Å². The minimum absolute atomic E-state index is 0.00854. The van der Waals surface area contributed by atoms with E-state index in [1.54, 1.807) is 91.0 Å². The number of carbonyl (C=O) groups excluding carboxylic acids is 7. The van der Waals surface area contributed by atoms with E-state index in [-0.39, 0.29) is 51.2 Å². The lowest BCUT2D eigenvalue weighted by molar-refractivity contribution is -0.135. The molecule has 3 aromatic carbocycles. The Morgan fingerprint density at radius 3 is 1.42 bits per heavy atom. The van der Waals surface area contributed by atoms with Crippen LogP contribution in [0.4, 0.5) is 0 Å². The molecule has 0 unspecified atom stereocenters. The first-order valence-corrected chi connectivity index (χ1v) is 19.1. The van der Waals surface area contributed by atoms with Crippen LogP contribution in [0.5, 0.6) is 0 Å². The Hall–Kier alpha value is -6.90. The molecule has 20 heteroatoms. The maximum absolute atomic E-state index is 14.1. The Kier molecular flexibility index (Phi) is 20.1. The van der Waals surface area contributed by atoms with Gasteiger partial charge in [0.05, 0.1) is 19.7 Å². The molecule has 0 spiro atoms. The Balaban J connectivity index is 1.83. The van der Waals surface area contributed by atoms with Crippen molar-refractivity contribution in [3.05, 3.63) is 108 Å². The van der Waals surface area contributed by atoms with Gasteiger partial charge in [0.15, 0.2) is 5.96 Å². The summed E-state index contributed by atoms with van der Waals surface area (Å²) in [4.78, 5) is 96.1. The number of aliphatic hydroxyl groups excluding tert-OH is 1. The van der Waals surface area contributed by atoms with Crippen molar-refractivity contribution in [2.24, 2.45) is 28.0 Å². The van der Waals surface area contributed by atoms with Crippen LogP contribution in [-0.2, 0) is 52.8 Å². The Labute approximate surface area is 347 Å². The number of hydrazine groups is 1. The summed E-state index contributed by atoms with van der Waals surface area (Å²) in [5, 5.41) is 25.5. The Morgan fingerprint density at radius 2 is 0.950 bits per heavy atom. The maximum atomic E-state index is 14.1. The first-order chi connectivity index (χ1) is 28.8. The summed E-state index contributed by atoms with van der Waals surface area (Å²) in [6, 6.07) is 19.5. The lowest BCUT2D eigenvalue weighted by Gasteiger charge is -2.27. The quantitative estimate of drug-likeness (QED) is 0.0129. The van der Waals surface area contributed by atoms with Crippen molar-refractivity contribution in [3.8, 4) is 0 Å². The van der Waals surface area contributed by atoms with E-state index in [9.17, 15) is 38.7 Å². The highest BCUT2D eigenvalue weighted by Crippen LogP contribution is 2.09. The molecule has 3 aromatic rings. The predicted molar refractivity (Wildman–Crippen MR) is 221 cm³/mol. The van der Waals surface area contributed by atoms with Crippen molar-refractivity contribution in [3.63, 3.8) is 0 Å². The molecule has 0 bridgehead atoms. The summed E-state index contributed by atoms with van der Waals surface area (Å²) in [5.74, 6) is -0.485. The van der Waals surface area contributed by atoms with Crippen molar-refractivity contribution < 1.29 is 38.7 Å². The molecule has 0 aliphatic heterocycles. The molecule has 7 amide bonds. The van der Waals surface area contributed by atoms with Crippen LogP contribution in [0.25, 0.3) is 0 Å². The minimum Gasteiger partial charge on any atom is -0.394 e. The number of amides is 7. The fraction of sp³-hybridized carbons (Fsp3) is 0.350. The number of benzene rings is 3. The number of carbonyl (C=O) groups is 7. The van der Waals surface area contributed by atoms with Crippen LogP contribution in [0.15, 0.2) is 96.0 Å². The van der Waals surface area contributed by atoms with E-state index in [0.717, 1.165) is 5.56 Å². The second-order valence-corrected chi connectivity index (χ2v) is 13.6. The monoisotopic (exact) mass is 830 g/mol. The highest BCUT2D eigenvalue weighted by atomic mass is 16.3. The number of nitrogens with one attached hydrogen (secondary N) is 7. The summed E-state index contributed by atoms with van der Waals surface area (Å²) in [6.45, 7) is -1.53. The molecule has 0 saturated carbocycles. The molecule has 0 heterocycles. The molecule has 0 fully saturated rings. The van der Waals surface area contributed by atoms with Gasteiger partial charge < -0.3 is 54.2 Å². The SMILES string of the molecule is NNCC(=O)NCC(=O)N[C@@H](Cc1ccccc1)C(=O)N[C@@H](CO)C(=O)N[C@@H](Cc1ccccc1)C(=O)N[C@@H](CCCN=C(N)N)C(=O)N[C@@H](Cc1ccccc1)C(N)=O. The van der Waals surface area contributed by atoms with E-state index in [0.29, 0.717) is 11.1 Å². The molecule has 60 heavy (non-hydrogen) atoms. The first-order valence-electron chi connectivity index (χ1n) is 19.1. The summed E-state index contributed by atoms with van der Waals surface area (Å²) in [6.07, 6.45) is 0.209. The Morgan fingerprint density at radius 1 is 0.533 bits per heavy atom. The van der Waals surface area contributed by atoms with Crippen LogP contribution in [0, 0.1) is 0 Å². The molecular weight excluding hydrogens is 777 g/mol. The smallest absolute Gasteiger partial charge is 0.245 e. The molecule has 0 saturated heterocycles. The van der Waals surface area contributed by atoms with Gasteiger partial charge in [-0.2, -0.15) is 0 Å². The molecule has 5 atom stereocenters. The van der Waals surface area contributed by atoms with Gasteiger partial charge >= 0.3 is 0 Å². The number of nitrogens with zero attached hydrogens (tertiary/aromatic N) is 1. The number of aliphatic hydroxyl groups is 1. The van der Waals surface area contributed by atoms with Gasteiger partial charge in [-0.15, -0.1) is 0 Å². The van der Waals surface area contributed by atoms with Gasteiger partial charge in [0.25, 0.3) is 0 Å². The lowest BCUT2D eigenvalue weighted by Crippen LogP contribution is -2.60. The molecule has 16 N–H and O–H groups in total. The van der Waals surface area contributed by atoms with Gasteiger partial charge in [0.1, 0.15) is 30.2 Å². The fourth-order valence-electron chi connectivity index (χ4n) is 5.83. The number of hydrogen-bond acceptors (Lipinski definition) is 11. The summed E-state index contributed by atoms with van der Waals surface area (Å²) in [5.41, 5.74) is 20.7. The zero-order valence-corrected chi connectivity index (χ0v) is 33.0. The van der Waals surface area contributed by atoms with Crippen LogP contribution >= 0.6 is 0 Å². The van der Waals surface area contributed by atoms with Gasteiger partial charge in [-0.1, -0.05) is 91.0 Å². The number of nitrogens with two attached hydrogens (primary N) is 4. The van der Waals surface area contributed by atoms with Crippen molar-refractivity contribution in [2.75, 3.05) is 26.2 Å². The molecule has 322 valence electrons. The van der Waals surface area contributed by atoms with Crippen LogP contribution in [0.2, 0.25) is 0 Å². The molecule has 0 aliphatic rings. The van der Waals surface area contributed by atoms with Crippen molar-refractivity contribution in [1.29, 1.82) is 0 Å². The second kappa shape index (κ2) is 25.5. The molecule has 0 aromatic heterocycles. The topological polar surface area (TPSA) is 340 Å². The number of guanidine groups is 1. The van der Waals surface area contributed by atoms with E-state index in [2.05, 4.69) is 42.3 Å². The zero-order chi connectivity index (χ0) is 43.9. The average Bonchev–Trinajstić information content (AvgIpc) is 3.23. The average molecular weight is 831 g/mol. The largest absolute Gasteiger partial charge is 0.394 e.